The molecule has 1 amide bonds. The van der Waals surface area contributed by atoms with Crippen LogP contribution in [0.2, 0.25) is 5.02 Å². The normalized spacial score (nSPS) is 11.8. The van der Waals surface area contributed by atoms with E-state index in [1.54, 1.807) is 30.3 Å². The number of amides is 1. The maximum Gasteiger partial charge on any atom is 0.320 e. The summed E-state index contributed by atoms with van der Waals surface area (Å²) in [6, 6.07) is 13.4. The smallest absolute Gasteiger partial charge is 0.320 e. The van der Waals surface area contributed by atoms with Crippen molar-refractivity contribution in [2.75, 3.05) is 5.32 Å². The predicted octanol–water partition coefficient (Wildman–Crippen LogP) is 4.33. The van der Waals surface area contributed by atoms with Gasteiger partial charge in [0.1, 0.15) is 6.04 Å². The molecule has 0 saturated heterocycles. The van der Waals surface area contributed by atoms with Gasteiger partial charge in [0.25, 0.3) is 5.91 Å². The Bertz CT molecular complexity index is 747. The molecule has 0 unspecified atom stereocenters. The maximum absolute atomic E-state index is 12.3. The van der Waals surface area contributed by atoms with Gasteiger partial charge in [-0.3, -0.25) is 9.59 Å². The summed E-state index contributed by atoms with van der Waals surface area (Å²) < 4.78 is 0. The van der Waals surface area contributed by atoms with Gasteiger partial charge in [-0.05, 0) is 48.4 Å². The minimum atomic E-state index is -0.842. The Kier molecular flexibility index (Phi) is 7.63. The van der Waals surface area contributed by atoms with E-state index in [0.29, 0.717) is 29.2 Å². The molecule has 0 aliphatic carbocycles. The topological polar surface area (TPSA) is 78.4 Å². The molecule has 2 aromatic rings. The molecule has 0 aromatic heterocycles. The number of aliphatic carboxylic acids is 1. The number of carbonyl (C=O) groups excluding carboxylic acids is 1. The molecule has 0 radical (unpaired) electrons. The lowest BCUT2D eigenvalue weighted by Gasteiger charge is -2.14. The number of carboxylic acids is 1. The third-order valence-corrected chi connectivity index (χ3v) is 4.24. The van der Waals surface area contributed by atoms with Crippen LogP contribution in [0.1, 0.15) is 42.1 Å². The van der Waals surface area contributed by atoms with Crippen LogP contribution in [0, 0.1) is 0 Å². The second-order valence-corrected chi connectivity index (χ2v) is 6.51. The van der Waals surface area contributed by atoms with E-state index in [4.69, 9.17) is 11.6 Å². The Morgan fingerprint density at radius 2 is 1.88 bits per heavy atom. The fourth-order valence-corrected chi connectivity index (χ4v) is 2.65. The van der Waals surface area contributed by atoms with E-state index in [2.05, 4.69) is 10.6 Å². The number of halogens is 1. The van der Waals surface area contributed by atoms with Gasteiger partial charge in [-0.25, -0.2) is 0 Å². The second kappa shape index (κ2) is 9.94. The molecule has 0 spiro atoms. The SMILES string of the molecule is CCCC[C@H](NCc1cccc(NC(=O)c2ccc(Cl)cc2)c1)C(=O)O. The third kappa shape index (κ3) is 6.17. The van der Waals surface area contributed by atoms with E-state index in [1.807, 2.05) is 25.1 Å². The monoisotopic (exact) mass is 374 g/mol. The maximum atomic E-state index is 12.3. The van der Waals surface area contributed by atoms with Gasteiger partial charge in [-0.15, -0.1) is 0 Å². The van der Waals surface area contributed by atoms with Crippen LogP contribution < -0.4 is 10.6 Å². The first-order chi connectivity index (χ1) is 12.5. The average molecular weight is 375 g/mol. The molecule has 2 aromatic carbocycles. The zero-order chi connectivity index (χ0) is 18.9. The van der Waals surface area contributed by atoms with Crippen LogP contribution in [0.5, 0.6) is 0 Å². The summed E-state index contributed by atoms with van der Waals surface area (Å²) in [7, 11) is 0. The highest BCUT2D eigenvalue weighted by Crippen LogP contribution is 2.15. The quantitative estimate of drug-likeness (QED) is 0.610. The highest BCUT2D eigenvalue weighted by Gasteiger charge is 2.15. The zero-order valence-electron chi connectivity index (χ0n) is 14.7. The summed E-state index contributed by atoms with van der Waals surface area (Å²) >= 11 is 5.83. The second-order valence-electron chi connectivity index (χ2n) is 6.08. The number of unbranched alkanes of at least 4 members (excludes halogenated alkanes) is 1. The highest BCUT2D eigenvalue weighted by molar-refractivity contribution is 6.30. The van der Waals surface area contributed by atoms with Gasteiger partial charge in [-0.2, -0.15) is 0 Å². The molecule has 0 saturated carbocycles. The number of hydrogen-bond donors (Lipinski definition) is 3. The van der Waals surface area contributed by atoms with Crippen molar-refractivity contribution >= 4 is 29.2 Å². The number of benzene rings is 2. The molecule has 3 N–H and O–H groups in total. The minimum Gasteiger partial charge on any atom is -0.480 e. The summed E-state index contributed by atoms with van der Waals surface area (Å²) in [5.41, 5.74) is 2.08. The van der Waals surface area contributed by atoms with Crippen LogP contribution in [-0.4, -0.2) is 23.0 Å². The van der Waals surface area contributed by atoms with Gasteiger partial charge in [0.15, 0.2) is 0 Å². The van der Waals surface area contributed by atoms with Gasteiger partial charge in [0.05, 0.1) is 0 Å². The number of carboxylic acid groups (broad SMARTS) is 1. The summed E-state index contributed by atoms with van der Waals surface area (Å²) in [5, 5.41) is 15.7. The van der Waals surface area contributed by atoms with Gasteiger partial charge in [0.2, 0.25) is 0 Å². The molecule has 6 heteroatoms. The molecule has 0 aliphatic rings. The summed E-state index contributed by atoms with van der Waals surface area (Å²) in [6.45, 7) is 2.46. The van der Waals surface area contributed by atoms with Crippen LogP contribution in [0.15, 0.2) is 48.5 Å². The van der Waals surface area contributed by atoms with Gasteiger partial charge < -0.3 is 15.7 Å². The first kappa shape index (κ1) is 19.9. The Balaban J connectivity index is 1.97. The molecule has 2 rings (SSSR count). The van der Waals surface area contributed by atoms with E-state index in [-0.39, 0.29) is 5.91 Å². The minimum absolute atomic E-state index is 0.224. The molecule has 0 heterocycles. The molecule has 26 heavy (non-hydrogen) atoms. The van der Waals surface area contributed by atoms with Crippen LogP contribution in [-0.2, 0) is 11.3 Å². The molecule has 0 fully saturated rings. The Morgan fingerprint density at radius 1 is 1.15 bits per heavy atom. The fourth-order valence-electron chi connectivity index (χ4n) is 2.53. The van der Waals surface area contributed by atoms with Crippen molar-refractivity contribution in [3.8, 4) is 0 Å². The standard InChI is InChI=1S/C20H23ClN2O3/c1-2-3-7-18(20(25)26)22-13-14-5-4-6-17(12-14)23-19(24)15-8-10-16(21)11-9-15/h4-6,8-12,18,22H,2-3,7,13H2,1H3,(H,23,24)(H,25,26)/t18-/m0/s1. The van der Waals surface area contributed by atoms with Crippen molar-refractivity contribution in [3.63, 3.8) is 0 Å². The Labute approximate surface area is 158 Å². The van der Waals surface area contributed by atoms with E-state index < -0.39 is 12.0 Å². The van der Waals surface area contributed by atoms with Crippen LogP contribution >= 0.6 is 11.6 Å². The highest BCUT2D eigenvalue weighted by atomic mass is 35.5. The molecule has 0 aliphatic heterocycles. The van der Waals surface area contributed by atoms with Crippen LogP contribution in [0.3, 0.4) is 0 Å². The van der Waals surface area contributed by atoms with Gasteiger partial charge in [-0.1, -0.05) is 43.5 Å². The predicted molar refractivity (Wildman–Crippen MR) is 104 cm³/mol. The lowest BCUT2D eigenvalue weighted by atomic mass is 10.1. The first-order valence-electron chi connectivity index (χ1n) is 8.61. The van der Waals surface area contributed by atoms with Crippen molar-refractivity contribution in [1.82, 2.24) is 5.32 Å². The van der Waals surface area contributed by atoms with Crippen molar-refractivity contribution in [1.29, 1.82) is 0 Å². The lowest BCUT2D eigenvalue weighted by Crippen LogP contribution is -2.36. The van der Waals surface area contributed by atoms with E-state index in [9.17, 15) is 14.7 Å². The van der Waals surface area contributed by atoms with Crippen molar-refractivity contribution in [2.45, 2.75) is 38.8 Å². The number of hydrogen-bond acceptors (Lipinski definition) is 3. The zero-order valence-corrected chi connectivity index (χ0v) is 15.4. The fraction of sp³-hybridized carbons (Fsp3) is 0.300. The summed E-state index contributed by atoms with van der Waals surface area (Å²) in [6.07, 6.45) is 2.41. The third-order valence-electron chi connectivity index (χ3n) is 3.99. The Hall–Kier alpha value is -2.37. The Morgan fingerprint density at radius 3 is 2.54 bits per heavy atom. The summed E-state index contributed by atoms with van der Waals surface area (Å²) in [4.78, 5) is 23.6. The largest absolute Gasteiger partial charge is 0.480 e. The van der Waals surface area contributed by atoms with Crippen molar-refractivity contribution in [2.24, 2.45) is 0 Å². The molecule has 5 nitrogen and oxygen atoms in total. The van der Waals surface area contributed by atoms with Crippen LogP contribution in [0.25, 0.3) is 0 Å². The number of rotatable bonds is 9. The van der Waals surface area contributed by atoms with Gasteiger partial charge >= 0.3 is 5.97 Å². The average Bonchev–Trinajstić information content (AvgIpc) is 2.62. The molecular weight excluding hydrogens is 352 g/mol. The van der Waals surface area contributed by atoms with E-state index in [1.165, 1.54) is 0 Å². The molecule has 1 atom stereocenters. The van der Waals surface area contributed by atoms with Crippen LogP contribution in [0.4, 0.5) is 5.69 Å². The summed E-state index contributed by atoms with van der Waals surface area (Å²) in [5.74, 6) is -1.07. The van der Waals surface area contributed by atoms with E-state index >= 15 is 0 Å². The molecular formula is C20H23ClN2O3. The van der Waals surface area contributed by atoms with Gasteiger partial charge in [0, 0.05) is 22.8 Å². The number of anilines is 1. The molecule has 0 bridgehead atoms. The van der Waals surface area contributed by atoms with E-state index in [0.717, 1.165) is 18.4 Å². The van der Waals surface area contributed by atoms with Crippen molar-refractivity contribution < 1.29 is 14.7 Å². The number of nitrogens with one attached hydrogen (secondary N) is 2. The first-order valence-corrected chi connectivity index (χ1v) is 8.99. The number of carbonyl (C=O) groups is 2. The lowest BCUT2D eigenvalue weighted by molar-refractivity contribution is -0.139. The molecule has 138 valence electrons. The van der Waals surface area contributed by atoms with Crippen molar-refractivity contribution in [3.05, 3.63) is 64.7 Å².